The molecule has 13 heteroatoms. The van der Waals surface area contributed by atoms with Gasteiger partial charge in [-0.3, -0.25) is 9.09 Å². The second-order valence-electron chi connectivity index (χ2n) is 6.48. The van der Waals surface area contributed by atoms with Crippen molar-refractivity contribution in [1.82, 2.24) is 19.5 Å². The second kappa shape index (κ2) is 8.78. The number of aliphatic hydroxyl groups excluding tert-OH is 1. The molecule has 4 atom stereocenters. The second-order valence-corrected chi connectivity index (χ2v) is 7.67. The zero-order valence-electron chi connectivity index (χ0n) is 15.3. The standard InChI is InChI=1S/C15H24N5O7P/c1-2-3-4-5-25-6-9-12(27-28(22,23)24)11(21)15(26-9)20-8-19-10-13(16)17-7-18-14(10)20/h7-9,11-12,15,21H,2-6H2,1H3,(H2,16,17,18)(H2,22,23,24)/t9-,11-,12-,15-/m1/s1. The van der Waals surface area contributed by atoms with Crippen LogP contribution in [0.15, 0.2) is 12.7 Å². The van der Waals surface area contributed by atoms with Gasteiger partial charge in [-0.25, -0.2) is 19.5 Å². The van der Waals surface area contributed by atoms with Crippen molar-refractivity contribution in [2.24, 2.45) is 0 Å². The number of unbranched alkanes of at least 4 members (excludes halogenated alkanes) is 2. The number of hydrogen-bond acceptors (Lipinski definition) is 9. The Morgan fingerprint density at radius 2 is 2.11 bits per heavy atom. The van der Waals surface area contributed by atoms with E-state index in [4.69, 9.17) is 19.7 Å². The van der Waals surface area contributed by atoms with Crippen LogP contribution in [0.1, 0.15) is 32.4 Å². The van der Waals surface area contributed by atoms with Gasteiger partial charge in [-0.05, 0) is 6.42 Å². The highest BCUT2D eigenvalue weighted by Crippen LogP contribution is 2.44. The van der Waals surface area contributed by atoms with Gasteiger partial charge in [-0.1, -0.05) is 19.8 Å². The smallest absolute Gasteiger partial charge is 0.386 e. The Morgan fingerprint density at radius 1 is 1.32 bits per heavy atom. The molecule has 0 aromatic carbocycles. The normalized spacial score (nSPS) is 25.6. The summed E-state index contributed by atoms with van der Waals surface area (Å²) < 4.78 is 28.9. The Bertz CT molecular complexity index is 843. The average molecular weight is 417 g/mol. The van der Waals surface area contributed by atoms with Gasteiger partial charge in [0.1, 0.15) is 30.2 Å². The van der Waals surface area contributed by atoms with Crippen molar-refractivity contribution in [3.05, 3.63) is 12.7 Å². The molecule has 3 heterocycles. The maximum atomic E-state index is 11.4. The van der Waals surface area contributed by atoms with Crippen LogP contribution in [-0.2, 0) is 18.6 Å². The van der Waals surface area contributed by atoms with E-state index in [2.05, 4.69) is 21.9 Å². The van der Waals surface area contributed by atoms with Crippen LogP contribution in [-0.4, -0.2) is 65.9 Å². The zero-order valence-corrected chi connectivity index (χ0v) is 16.2. The van der Waals surface area contributed by atoms with E-state index in [-0.39, 0.29) is 12.4 Å². The van der Waals surface area contributed by atoms with Crippen LogP contribution in [0, 0.1) is 0 Å². The van der Waals surface area contributed by atoms with Gasteiger partial charge < -0.3 is 30.1 Å². The first kappa shape index (κ1) is 21.1. The average Bonchev–Trinajstić information content (AvgIpc) is 3.17. The van der Waals surface area contributed by atoms with E-state index in [1.165, 1.54) is 17.2 Å². The third kappa shape index (κ3) is 4.66. The highest BCUT2D eigenvalue weighted by molar-refractivity contribution is 7.46. The Labute approximate surface area is 160 Å². The van der Waals surface area contributed by atoms with Gasteiger partial charge in [-0.15, -0.1) is 0 Å². The van der Waals surface area contributed by atoms with Crippen LogP contribution in [0.5, 0.6) is 0 Å². The fraction of sp³-hybridized carbons (Fsp3) is 0.667. The van der Waals surface area contributed by atoms with Gasteiger partial charge in [-0.2, -0.15) is 0 Å². The SMILES string of the molecule is CCCCCOC[C@H]1O[C@@H](n2cnc3c(N)ncnc32)[C@H](O)[C@@H]1OP(=O)(O)O. The Balaban J connectivity index is 1.80. The van der Waals surface area contributed by atoms with Gasteiger partial charge in [0, 0.05) is 6.61 Å². The molecule has 2 aromatic heterocycles. The summed E-state index contributed by atoms with van der Waals surface area (Å²) in [6.07, 6.45) is 0.859. The first-order chi connectivity index (χ1) is 13.3. The lowest BCUT2D eigenvalue weighted by Crippen LogP contribution is -2.36. The summed E-state index contributed by atoms with van der Waals surface area (Å²) in [4.78, 5) is 30.5. The number of fused-ring (bicyclic) bond motifs is 1. The van der Waals surface area contributed by atoms with Crippen LogP contribution in [0.4, 0.5) is 5.82 Å². The number of nitrogen functional groups attached to an aromatic ring is 1. The minimum atomic E-state index is -4.86. The lowest BCUT2D eigenvalue weighted by molar-refractivity contribution is -0.0652. The predicted octanol–water partition coefficient (Wildman–Crippen LogP) is 0.351. The maximum Gasteiger partial charge on any atom is 0.470 e. The van der Waals surface area contributed by atoms with Crippen LogP contribution in [0.25, 0.3) is 11.2 Å². The van der Waals surface area contributed by atoms with E-state index in [0.29, 0.717) is 17.8 Å². The van der Waals surface area contributed by atoms with Crippen molar-refractivity contribution in [3.63, 3.8) is 0 Å². The lowest BCUT2D eigenvalue weighted by Gasteiger charge is -2.21. The topological polar surface area (TPSA) is 175 Å². The molecule has 0 unspecified atom stereocenters. The van der Waals surface area contributed by atoms with E-state index in [1.54, 1.807) is 0 Å². The molecule has 156 valence electrons. The highest BCUT2D eigenvalue weighted by atomic mass is 31.2. The predicted molar refractivity (Wildman–Crippen MR) is 96.9 cm³/mol. The van der Waals surface area contributed by atoms with E-state index in [9.17, 15) is 19.5 Å². The summed E-state index contributed by atoms with van der Waals surface area (Å²) in [7, 11) is -4.86. The molecule has 2 aromatic rings. The minimum Gasteiger partial charge on any atom is -0.386 e. The van der Waals surface area contributed by atoms with Crippen LogP contribution in [0.3, 0.4) is 0 Å². The van der Waals surface area contributed by atoms with Crippen molar-refractivity contribution in [3.8, 4) is 0 Å². The number of phosphoric ester groups is 1. The van der Waals surface area contributed by atoms with Crippen LogP contribution in [0.2, 0.25) is 0 Å². The molecule has 0 amide bonds. The van der Waals surface area contributed by atoms with Crippen molar-refractivity contribution < 1.29 is 33.5 Å². The van der Waals surface area contributed by atoms with Gasteiger partial charge in [0.15, 0.2) is 17.7 Å². The van der Waals surface area contributed by atoms with E-state index >= 15 is 0 Å². The lowest BCUT2D eigenvalue weighted by atomic mass is 10.1. The number of hydrogen-bond donors (Lipinski definition) is 4. The van der Waals surface area contributed by atoms with Crippen LogP contribution >= 0.6 is 7.82 Å². The first-order valence-electron chi connectivity index (χ1n) is 8.90. The molecule has 0 radical (unpaired) electrons. The molecular weight excluding hydrogens is 393 g/mol. The third-order valence-corrected chi connectivity index (χ3v) is 4.92. The van der Waals surface area contributed by atoms with Gasteiger partial charge in [0.2, 0.25) is 0 Å². The molecule has 0 spiro atoms. The molecule has 0 bridgehead atoms. The minimum absolute atomic E-state index is 0.00565. The molecule has 1 aliphatic rings. The van der Waals surface area contributed by atoms with E-state index in [0.717, 1.165) is 19.3 Å². The number of imidazole rings is 1. The molecule has 0 saturated carbocycles. The fourth-order valence-electron chi connectivity index (χ4n) is 3.08. The molecular formula is C15H24N5O7P. The number of aliphatic hydroxyl groups is 1. The van der Waals surface area contributed by atoms with Gasteiger partial charge in [0.25, 0.3) is 0 Å². The Kier molecular flexibility index (Phi) is 6.61. The summed E-state index contributed by atoms with van der Waals surface area (Å²) in [5, 5.41) is 10.7. The molecule has 3 rings (SSSR count). The van der Waals surface area contributed by atoms with Crippen LogP contribution < -0.4 is 5.73 Å². The number of rotatable bonds is 9. The fourth-order valence-corrected chi connectivity index (χ4v) is 3.66. The quantitative estimate of drug-likeness (QED) is 0.327. The number of phosphoric acid groups is 1. The summed E-state index contributed by atoms with van der Waals surface area (Å²) in [5.41, 5.74) is 6.41. The third-order valence-electron chi connectivity index (χ3n) is 4.40. The number of nitrogens with zero attached hydrogens (tertiary/aromatic N) is 4. The zero-order chi connectivity index (χ0) is 20.3. The molecule has 0 aliphatic carbocycles. The van der Waals surface area contributed by atoms with Gasteiger partial charge in [0.05, 0.1) is 12.9 Å². The summed E-state index contributed by atoms with van der Waals surface area (Å²) in [6.45, 7) is 2.54. The first-order valence-corrected chi connectivity index (χ1v) is 10.4. The number of nitrogens with two attached hydrogens (primary N) is 1. The maximum absolute atomic E-state index is 11.4. The molecule has 1 saturated heterocycles. The molecule has 1 aliphatic heterocycles. The van der Waals surface area contributed by atoms with Gasteiger partial charge >= 0.3 is 7.82 Å². The number of anilines is 1. The molecule has 1 fully saturated rings. The highest BCUT2D eigenvalue weighted by Gasteiger charge is 2.48. The van der Waals surface area contributed by atoms with E-state index in [1.807, 2.05) is 0 Å². The monoisotopic (exact) mass is 417 g/mol. The summed E-state index contributed by atoms with van der Waals surface area (Å²) >= 11 is 0. The summed E-state index contributed by atoms with van der Waals surface area (Å²) in [6, 6.07) is 0. The van der Waals surface area contributed by atoms with Crippen molar-refractivity contribution in [1.29, 1.82) is 0 Å². The van der Waals surface area contributed by atoms with Crippen molar-refractivity contribution in [2.75, 3.05) is 18.9 Å². The molecule has 28 heavy (non-hydrogen) atoms. The van der Waals surface area contributed by atoms with E-state index < -0.39 is 32.4 Å². The molecule has 5 N–H and O–H groups in total. The largest absolute Gasteiger partial charge is 0.470 e. The van der Waals surface area contributed by atoms with Crippen molar-refractivity contribution in [2.45, 2.75) is 50.7 Å². The Morgan fingerprint density at radius 3 is 2.82 bits per heavy atom. The number of aromatic nitrogens is 4. The summed E-state index contributed by atoms with van der Waals surface area (Å²) in [5.74, 6) is 0.162. The molecule has 12 nitrogen and oxygen atoms in total. The number of ether oxygens (including phenoxy) is 2. The van der Waals surface area contributed by atoms with Crippen molar-refractivity contribution >= 4 is 24.8 Å². The Hall–Kier alpha value is -1.66.